The summed E-state index contributed by atoms with van der Waals surface area (Å²) in [4.78, 5) is 14.8. The fourth-order valence-electron chi connectivity index (χ4n) is 3.35. The molecule has 4 heteroatoms. The number of carbonyl (C=O) groups is 1. The van der Waals surface area contributed by atoms with Gasteiger partial charge < -0.3 is 11.1 Å². The van der Waals surface area contributed by atoms with Gasteiger partial charge >= 0.3 is 0 Å². The molecule has 0 bridgehead atoms. The Morgan fingerprint density at radius 2 is 2.00 bits per heavy atom. The van der Waals surface area contributed by atoms with Crippen molar-refractivity contribution in [3.63, 3.8) is 0 Å². The summed E-state index contributed by atoms with van der Waals surface area (Å²) in [6.07, 6.45) is 1.95. The van der Waals surface area contributed by atoms with Crippen LogP contribution in [-0.4, -0.2) is 29.4 Å². The van der Waals surface area contributed by atoms with E-state index in [1.807, 2.05) is 12.1 Å². The van der Waals surface area contributed by atoms with E-state index in [1.165, 1.54) is 5.56 Å². The highest BCUT2D eigenvalue weighted by Crippen LogP contribution is 2.20. The SMILES string of the molecule is CC1CC(NC(=O)c2cccc(N)c2)CCN1Cc1ccccc1. The summed E-state index contributed by atoms with van der Waals surface area (Å²) in [6.45, 7) is 4.21. The molecule has 4 nitrogen and oxygen atoms in total. The van der Waals surface area contributed by atoms with Crippen molar-refractivity contribution in [1.82, 2.24) is 10.2 Å². The Hall–Kier alpha value is -2.33. The Morgan fingerprint density at radius 1 is 1.21 bits per heavy atom. The van der Waals surface area contributed by atoms with E-state index >= 15 is 0 Å². The fraction of sp³-hybridized carbons (Fsp3) is 0.350. The molecule has 126 valence electrons. The molecule has 1 aliphatic heterocycles. The highest BCUT2D eigenvalue weighted by Gasteiger charge is 2.26. The van der Waals surface area contributed by atoms with Gasteiger partial charge in [-0.1, -0.05) is 36.4 Å². The lowest BCUT2D eigenvalue weighted by molar-refractivity contribution is 0.0866. The molecule has 0 aromatic heterocycles. The summed E-state index contributed by atoms with van der Waals surface area (Å²) in [5, 5.41) is 3.16. The number of nitrogens with one attached hydrogen (secondary N) is 1. The van der Waals surface area contributed by atoms with Crippen LogP contribution in [0.5, 0.6) is 0 Å². The molecule has 0 spiro atoms. The molecule has 1 aliphatic rings. The Kier molecular flexibility index (Phi) is 5.16. The zero-order valence-electron chi connectivity index (χ0n) is 14.1. The van der Waals surface area contributed by atoms with E-state index in [9.17, 15) is 4.79 Å². The topological polar surface area (TPSA) is 58.4 Å². The predicted octanol–water partition coefficient (Wildman–Crippen LogP) is 3.05. The van der Waals surface area contributed by atoms with Gasteiger partial charge in [-0.3, -0.25) is 9.69 Å². The van der Waals surface area contributed by atoms with E-state index in [1.54, 1.807) is 18.2 Å². The van der Waals surface area contributed by atoms with E-state index < -0.39 is 0 Å². The molecule has 2 aromatic carbocycles. The average molecular weight is 323 g/mol. The molecule has 2 atom stereocenters. The Morgan fingerprint density at radius 3 is 2.71 bits per heavy atom. The first kappa shape index (κ1) is 16.5. The lowest BCUT2D eigenvalue weighted by Gasteiger charge is -2.38. The van der Waals surface area contributed by atoms with Crippen LogP contribution in [0.3, 0.4) is 0 Å². The van der Waals surface area contributed by atoms with Crippen molar-refractivity contribution in [3.8, 4) is 0 Å². The molecule has 1 fully saturated rings. The summed E-state index contributed by atoms with van der Waals surface area (Å²) >= 11 is 0. The summed E-state index contributed by atoms with van der Waals surface area (Å²) < 4.78 is 0. The number of carbonyl (C=O) groups excluding carboxylic acids is 1. The van der Waals surface area contributed by atoms with Crippen LogP contribution in [0.15, 0.2) is 54.6 Å². The van der Waals surface area contributed by atoms with E-state index in [0.717, 1.165) is 25.9 Å². The van der Waals surface area contributed by atoms with Crippen molar-refractivity contribution in [2.24, 2.45) is 0 Å². The lowest BCUT2D eigenvalue weighted by atomic mass is 9.97. The van der Waals surface area contributed by atoms with Gasteiger partial charge in [0.15, 0.2) is 0 Å². The molecule has 0 saturated carbocycles. The molecule has 0 radical (unpaired) electrons. The van der Waals surface area contributed by atoms with Crippen LogP contribution in [-0.2, 0) is 6.54 Å². The maximum atomic E-state index is 12.4. The number of hydrogen-bond donors (Lipinski definition) is 2. The van der Waals surface area contributed by atoms with Gasteiger partial charge in [-0.15, -0.1) is 0 Å². The molecule has 2 unspecified atom stereocenters. The van der Waals surface area contributed by atoms with Crippen LogP contribution < -0.4 is 11.1 Å². The number of amides is 1. The molecule has 24 heavy (non-hydrogen) atoms. The van der Waals surface area contributed by atoms with Gasteiger partial charge in [0.25, 0.3) is 5.91 Å². The third kappa shape index (κ3) is 4.15. The summed E-state index contributed by atoms with van der Waals surface area (Å²) in [5.74, 6) is -0.0315. The van der Waals surface area contributed by atoms with Crippen molar-refractivity contribution >= 4 is 11.6 Å². The Bertz CT molecular complexity index is 686. The third-order valence-electron chi connectivity index (χ3n) is 4.73. The number of anilines is 1. The smallest absolute Gasteiger partial charge is 0.251 e. The van der Waals surface area contributed by atoms with Crippen LogP contribution in [0.2, 0.25) is 0 Å². The van der Waals surface area contributed by atoms with Crippen LogP contribution in [0.1, 0.15) is 35.7 Å². The molecule has 1 heterocycles. The maximum Gasteiger partial charge on any atom is 0.251 e. The van der Waals surface area contributed by atoms with Gasteiger partial charge in [-0.2, -0.15) is 0 Å². The van der Waals surface area contributed by atoms with Crippen LogP contribution in [0.4, 0.5) is 5.69 Å². The van der Waals surface area contributed by atoms with E-state index in [4.69, 9.17) is 5.73 Å². The minimum atomic E-state index is -0.0315. The van der Waals surface area contributed by atoms with Crippen molar-refractivity contribution in [2.75, 3.05) is 12.3 Å². The third-order valence-corrected chi connectivity index (χ3v) is 4.73. The van der Waals surface area contributed by atoms with Crippen molar-refractivity contribution in [1.29, 1.82) is 0 Å². The number of hydrogen-bond acceptors (Lipinski definition) is 3. The first-order chi connectivity index (χ1) is 11.6. The molecular weight excluding hydrogens is 298 g/mol. The quantitative estimate of drug-likeness (QED) is 0.850. The van der Waals surface area contributed by atoms with Gasteiger partial charge in [-0.05, 0) is 43.5 Å². The van der Waals surface area contributed by atoms with E-state index in [2.05, 4.69) is 41.4 Å². The maximum absolute atomic E-state index is 12.4. The minimum Gasteiger partial charge on any atom is -0.399 e. The van der Waals surface area contributed by atoms with E-state index in [-0.39, 0.29) is 11.9 Å². The normalized spacial score (nSPS) is 21.4. The number of nitrogen functional groups attached to an aromatic ring is 1. The van der Waals surface area contributed by atoms with Gasteiger partial charge in [0, 0.05) is 36.4 Å². The van der Waals surface area contributed by atoms with Gasteiger partial charge in [0.2, 0.25) is 0 Å². The molecule has 1 saturated heterocycles. The molecular formula is C20H25N3O. The lowest BCUT2D eigenvalue weighted by Crippen LogP contribution is -2.48. The minimum absolute atomic E-state index is 0.0315. The highest BCUT2D eigenvalue weighted by molar-refractivity contribution is 5.95. The number of rotatable bonds is 4. The molecule has 3 rings (SSSR count). The van der Waals surface area contributed by atoms with Crippen LogP contribution >= 0.6 is 0 Å². The molecule has 3 N–H and O–H groups in total. The zero-order chi connectivity index (χ0) is 16.9. The summed E-state index contributed by atoms with van der Waals surface area (Å²) in [6, 6.07) is 18.4. The summed E-state index contributed by atoms with van der Waals surface area (Å²) in [7, 11) is 0. The predicted molar refractivity (Wildman–Crippen MR) is 97.7 cm³/mol. The van der Waals surface area contributed by atoms with Crippen LogP contribution in [0, 0.1) is 0 Å². The Labute approximate surface area is 143 Å². The molecule has 1 amide bonds. The van der Waals surface area contributed by atoms with Crippen LogP contribution in [0.25, 0.3) is 0 Å². The monoisotopic (exact) mass is 323 g/mol. The molecule has 0 aliphatic carbocycles. The highest BCUT2D eigenvalue weighted by atomic mass is 16.1. The number of nitrogens with two attached hydrogens (primary N) is 1. The van der Waals surface area contributed by atoms with Crippen molar-refractivity contribution in [2.45, 2.75) is 38.4 Å². The van der Waals surface area contributed by atoms with Gasteiger partial charge in [0.05, 0.1) is 0 Å². The standard InChI is InChI=1S/C20H25N3O/c1-15-12-19(22-20(24)17-8-5-9-18(21)13-17)10-11-23(15)14-16-6-3-2-4-7-16/h2-9,13,15,19H,10-12,14,21H2,1H3,(H,22,24). The second kappa shape index (κ2) is 7.49. The average Bonchev–Trinajstić information content (AvgIpc) is 2.58. The number of piperidine rings is 1. The first-order valence-electron chi connectivity index (χ1n) is 8.56. The van der Waals surface area contributed by atoms with Gasteiger partial charge in [0.1, 0.15) is 0 Å². The second-order valence-electron chi connectivity index (χ2n) is 6.63. The fourth-order valence-corrected chi connectivity index (χ4v) is 3.35. The number of likely N-dealkylation sites (tertiary alicyclic amines) is 1. The van der Waals surface area contributed by atoms with E-state index in [0.29, 0.717) is 17.3 Å². The number of nitrogens with zero attached hydrogens (tertiary/aromatic N) is 1. The Balaban J connectivity index is 1.54. The van der Waals surface area contributed by atoms with Gasteiger partial charge in [-0.25, -0.2) is 0 Å². The molecule has 2 aromatic rings. The second-order valence-corrected chi connectivity index (χ2v) is 6.63. The summed E-state index contributed by atoms with van der Waals surface area (Å²) in [5.41, 5.74) is 8.35. The first-order valence-corrected chi connectivity index (χ1v) is 8.56. The van der Waals surface area contributed by atoms with Crippen molar-refractivity contribution < 1.29 is 4.79 Å². The zero-order valence-corrected chi connectivity index (χ0v) is 14.1. The number of benzene rings is 2. The van der Waals surface area contributed by atoms with Crippen molar-refractivity contribution in [3.05, 3.63) is 65.7 Å². The largest absolute Gasteiger partial charge is 0.399 e.